The van der Waals surface area contributed by atoms with Gasteiger partial charge in [-0.2, -0.15) is 0 Å². The normalized spacial score (nSPS) is 11.6. The van der Waals surface area contributed by atoms with E-state index in [-0.39, 0.29) is 0 Å². The summed E-state index contributed by atoms with van der Waals surface area (Å²) in [5.74, 6) is 6.53. The molecule has 0 bridgehead atoms. The molecule has 0 aromatic rings. The van der Waals surface area contributed by atoms with E-state index in [1.165, 1.54) is 38.5 Å². The third-order valence-electron chi connectivity index (χ3n) is 2.40. The first-order chi connectivity index (χ1) is 6.66. The van der Waals surface area contributed by atoms with Crippen LogP contribution in [0.4, 0.5) is 0 Å². The van der Waals surface area contributed by atoms with Gasteiger partial charge in [-0.1, -0.05) is 52.9 Å². The van der Waals surface area contributed by atoms with E-state index < -0.39 is 0 Å². The first kappa shape index (κ1) is 13.9. The van der Waals surface area contributed by atoms with Gasteiger partial charge in [0.2, 0.25) is 0 Å². The van der Waals surface area contributed by atoms with Crippen LogP contribution in [-0.2, 0) is 0 Å². The second kappa shape index (κ2) is 9.47. The lowest BCUT2D eigenvalue weighted by Crippen LogP contribution is -2.35. The molecule has 0 unspecified atom stereocenters. The molecule has 0 atom stereocenters. The van der Waals surface area contributed by atoms with Gasteiger partial charge in [-0.05, 0) is 12.3 Å². The largest absolute Gasteiger partial charge is 0.269 e. The summed E-state index contributed by atoms with van der Waals surface area (Å²) in [4.78, 5) is 0. The molecule has 0 saturated carbocycles. The van der Waals surface area contributed by atoms with Gasteiger partial charge in [-0.15, -0.1) is 0 Å². The van der Waals surface area contributed by atoms with E-state index in [9.17, 15) is 0 Å². The predicted molar refractivity (Wildman–Crippen MR) is 64.0 cm³/mol. The molecule has 0 aliphatic rings. The van der Waals surface area contributed by atoms with Gasteiger partial charge in [0.15, 0.2) is 0 Å². The Morgan fingerprint density at radius 2 is 1.57 bits per heavy atom. The highest BCUT2D eigenvalue weighted by atomic mass is 15.4. The molecule has 0 spiro atoms. The molecule has 0 fully saturated rings. The highest BCUT2D eigenvalue weighted by Gasteiger charge is 2.01. The van der Waals surface area contributed by atoms with Crippen molar-refractivity contribution < 1.29 is 0 Å². The van der Waals surface area contributed by atoms with Crippen LogP contribution in [0.2, 0.25) is 0 Å². The van der Waals surface area contributed by atoms with Crippen molar-refractivity contribution in [3.8, 4) is 0 Å². The molecule has 0 radical (unpaired) electrons. The number of hydrazine groups is 1. The van der Waals surface area contributed by atoms with Crippen molar-refractivity contribution in [3.63, 3.8) is 0 Å². The van der Waals surface area contributed by atoms with E-state index in [1.54, 1.807) is 0 Å². The van der Waals surface area contributed by atoms with Crippen molar-refractivity contribution in [1.29, 1.82) is 0 Å². The Bertz CT molecular complexity index is 113. The first-order valence-corrected chi connectivity index (χ1v) is 6.16. The average Bonchev–Trinajstić information content (AvgIpc) is 2.10. The van der Waals surface area contributed by atoms with Crippen LogP contribution in [0.5, 0.6) is 0 Å². The van der Waals surface area contributed by atoms with E-state index in [1.807, 2.05) is 5.01 Å². The van der Waals surface area contributed by atoms with Crippen molar-refractivity contribution in [3.05, 3.63) is 0 Å². The van der Waals surface area contributed by atoms with E-state index >= 15 is 0 Å². The standard InChI is InChI=1S/C12H28N2/c1-4-5-6-7-8-9-10-14(13)11-12(2)3/h12H,4-11,13H2,1-3H3. The van der Waals surface area contributed by atoms with E-state index in [2.05, 4.69) is 20.8 Å². The summed E-state index contributed by atoms with van der Waals surface area (Å²) in [7, 11) is 0. The monoisotopic (exact) mass is 200 g/mol. The molecule has 86 valence electrons. The fourth-order valence-corrected chi connectivity index (χ4v) is 1.66. The zero-order valence-corrected chi connectivity index (χ0v) is 10.3. The summed E-state index contributed by atoms with van der Waals surface area (Å²) in [6, 6.07) is 0. The van der Waals surface area contributed by atoms with Crippen molar-refractivity contribution in [2.45, 2.75) is 59.3 Å². The molecule has 0 aromatic heterocycles. The lowest BCUT2D eigenvalue weighted by atomic mass is 10.1. The molecule has 0 aliphatic carbocycles. The number of hydrogen-bond acceptors (Lipinski definition) is 2. The maximum absolute atomic E-state index is 5.85. The third-order valence-corrected chi connectivity index (χ3v) is 2.40. The Balaban J connectivity index is 3.10. The number of rotatable bonds is 9. The maximum atomic E-state index is 5.85. The molecule has 0 aromatic carbocycles. The fraction of sp³-hybridized carbons (Fsp3) is 1.00. The zero-order chi connectivity index (χ0) is 10.8. The quantitative estimate of drug-likeness (QED) is 0.352. The minimum absolute atomic E-state index is 0.681. The van der Waals surface area contributed by atoms with Crippen molar-refractivity contribution in [2.24, 2.45) is 11.8 Å². The van der Waals surface area contributed by atoms with Crippen molar-refractivity contribution in [1.82, 2.24) is 5.01 Å². The molecule has 0 aliphatic heterocycles. The first-order valence-electron chi connectivity index (χ1n) is 6.16. The lowest BCUT2D eigenvalue weighted by molar-refractivity contribution is 0.245. The maximum Gasteiger partial charge on any atom is 0.0151 e. The Labute approximate surface area is 89.8 Å². The number of hydrogen-bond donors (Lipinski definition) is 1. The van der Waals surface area contributed by atoms with Gasteiger partial charge in [0.05, 0.1) is 0 Å². The van der Waals surface area contributed by atoms with Gasteiger partial charge >= 0.3 is 0 Å². The molecule has 0 amide bonds. The summed E-state index contributed by atoms with van der Waals surface area (Å²) in [6.45, 7) is 8.76. The van der Waals surface area contributed by atoms with E-state index in [0.29, 0.717) is 5.92 Å². The van der Waals surface area contributed by atoms with Gasteiger partial charge in [0.25, 0.3) is 0 Å². The Kier molecular flexibility index (Phi) is 9.42. The second-order valence-corrected chi connectivity index (χ2v) is 4.66. The summed E-state index contributed by atoms with van der Waals surface area (Å²) < 4.78 is 0. The number of nitrogens with two attached hydrogens (primary N) is 1. The van der Waals surface area contributed by atoms with E-state index in [4.69, 9.17) is 5.84 Å². The molecule has 0 rings (SSSR count). The molecule has 2 N–H and O–H groups in total. The SMILES string of the molecule is CCCCCCCCN(N)CC(C)C. The van der Waals surface area contributed by atoms with Gasteiger partial charge in [-0.25, -0.2) is 5.01 Å². The Morgan fingerprint density at radius 3 is 2.14 bits per heavy atom. The fourth-order valence-electron chi connectivity index (χ4n) is 1.66. The van der Waals surface area contributed by atoms with Crippen molar-refractivity contribution in [2.75, 3.05) is 13.1 Å². The Hall–Kier alpha value is -0.0800. The van der Waals surface area contributed by atoms with Crippen LogP contribution in [0.3, 0.4) is 0 Å². The smallest absolute Gasteiger partial charge is 0.0151 e. The molecule has 0 saturated heterocycles. The Morgan fingerprint density at radius 1 is 1.00 bits per heavy atom. The predicted octanol–water partition coefficient (Wildman–Crippen LogP) is 3.18. The number of unbranched alkanes of at least 4 members (excludes halogenated alkanes) is 5. The van der Waals surface area contributed by atoms with Gasteiger partial charge in [-0.3, -0.25) is 5.84 Å². The summed E-state index contributed by atoms with van der Waals surface area (Å²) >= 11 is 0. The van der Waals surface area contributed by atoms with Crippen LogP contribution in [0.15, 0.2) is 0 Å². The highest BCUT2D eigenvalue weighted by Crippen LogP contribution is 2.05. The van der Waals surface area contributed by atoms with Crippen LogP contribution in [-0.4, -0.2) is 18.1 Å². The molecule has 0 heterocycles. The molecular weight excluding hydrogens is 172 g/mol. The zero-order valence-electron chi connectivity index (χ0n) is 10.3. The van der Waals surface area contributed by atoms with Crippen LogP contribution in [0, 0.1) is 5.92 Å². The van der Waals surface area contributed by atoms with Crippen LogP contribution in [0.25, 0.3) is 0 Å². The molecule has 14 heavy (non-hydrogen) atoms. The van der Waals surface area contributed by atoms with Crippen LogP contribution < -0.4 is 5.84 Å². The van der Waals surface area contributed by atoms with E-state index in [0.717, 1.165) is 13.1 Å². The average molecular weight is 200 g/mol. The van der Waals surface area contributed by atoms with Gasteiger partial charge in [0, 0.05) is 13.1 Å². The van der Waals surface area contributed by atoms with Crippen molar-refractivity contribution >= 4 is 0 Å². The highest BCUT2D eigenvalue weighted by molar-refractivity contribution is 4.53. The summed E-state index contributed by atoms with van der Waals surface area (Å²) in [5.41, 5.74) is 0. The molecule has 2 heteroatoms. The third kappa shape index (κ3) is 10.0. The van der Waals surface area contributed by atoms with Crippen LogP contribution >= 0.6 is 0 Å². The van der Waals surface area contributed by atoms with Crippen LogP contribution in [0.1, 0.15) is 59.3 Å². The minimum atomic E-state index is 0.681. The molecule has 2 nitrogen and oxygen atoms in total. The summed E-state index contributed by atoms with van der Waals surface area (Å²) in [5, 5.41) is 1.96. The minimum Gasteiger partial charge on any atom is -0.269 e. The molecular formula is C12H28N2. The topological polar surface area (TPSA) is 29.3 Å². The lowest BCUT2D eigenvalue weighted by Gasteiger charge is -2.18. The van der Waals surface area contributed by atoms with Gasteiger partial charge < -0.3 is 0 Å². The second-order valence-electron chi connectivity index (χ2n) is 4.66. The number of nitrogens with zero attached hydrogens (tertiary/aromatic N) is 1. The van der Waals surface area contributed by atoms with Gasteiger partial charge in [0.1, 0.15) is 0 Å². The summed E-state index contributed by atoms with van der Waals surface area (Å²) in [6.07, 6.45) is 8.09.